The van der Waals surface area contributed by atoms with Gasteiger partial charge in [-0.1, -0.05) is 36.4 Å². The number of sulfone groups is 1. The number of amides is 2. The average Bonchev–Trinajstić information content (AvgIpc) is 3.43. The molecule has 2 amide bonds. The van der Waals surface area contributed by atoms with E-state index in [1.54, 1.807) is 11.0 Å². The van der Waals surface area contributed by atoms with Crippen molar-refractivity contribution in [1.82, 2.24) is 15.1 Å². The quantitative estimate of drug-likeness (QED) is 0.703. The highest BCUT2D eigenvalue weighted by Crippen LogP contribution is 2.20. The van der Waals surface area contributed by atoms with Crippen LogP contribution >= 0.6 is 11.3 Å². The lowest BCUT2D eigenvalue weighted by Crippen LogP contribution is -2.57. The fraction of sp³-hybridized carbons (Fsp3) is 0.455. The number of benzene rings is 1. The summed E-state index contributed by atoms with van der Waals surface area (Å²) in [6.45, 7) is 2.39. The molecule has 1 aromatic heterocycles. The molecule has 0 aliphatic carbocycles. The Morgan fingerprint density at radius 3 is 2.42 bits per heavy atom. The topological polar surface area (TPSA) is 86.8 Å². The first-order valence-corrected chi connectivity index (χ1v) is 13.2. The zero-order valence-corrected chi connectivity index (χ0v) is 18.9. The number of nitrogens with one attached hydrogen (secondary N) is 1. The Balaban J connectivity index is 1.41. The molecule has 0 spiro atoms. The van der Waals surface area contributed by atoms with Crippen molar-refractivity contribution in [2.24, 2.45) is 0 Å². The fourth-order valence-corrected chi connectivity index (χ4v) is 6.67. The van der Waals surface area contributed by atoms with Gasteiger partial charge < -0.3 is 10.2 Å². The van der Waals surface area contributed by atoms with Gasteiger partial charge in [0.15, 0.2) is 9.84 Å². The summed E-state index contributed by atoms with van der Waals surface area (Å²) >= 11 is 1.35. The third-order valence-corrected chi connectivity index (χ3v) is 8.60. The summed E-state index contributed by atoms with van der Waals surface area (Å²) in [5.41, 5.74) is 0.988. The molecule has 1 aromatic carbocycles. The van der Waals surface area contributed by atoms with Gasteiger partial charge in [0.2, 0.25) is 5.91 Å². The molecule has 9 heteroatoms. The highest BCUT2D eigenvalue weighted by molar-refractivity contribution is 7.91. The van der Waals surface area contributed by atoms with Crippen molar-refractivity contribution in [3.8, 4) is 0 Å². The smallest absolute Gasteiger partial charge is 0.262 e. The molecular weight excluding hydrogens is 434 g/mol. The van der Waals surface area contributed by atoms with E-state index in [4.69, 9.17) is 0 Å². The molecule has 2 aliphatic heterocycles. The molecule has 0 bridgehead atoms. The van der Waals surface area contributed by atoms with E-state index in [0.29, 0.717) is 43.9 Å². The van der Waals surface area contributed by atoms with Crippen molar-refractivity contribution in [3.63, 3.8) is 0 Å². The van der Waals surface area contributed by atoms with Crippen molar-refractivity contribution in [3.05, 3.63) is 58.3 Å². The van der Waals surface area contributed by atoms with Crippen molar-refractivity contribution in [2.45, 2.75) is 24.9 Å². The molecule has 0 radical (unpaired) electrons. The fourth-order valence-electron chi connectivity index (χ4n) is 4.28. The molecule has 166 valence electrons. The number of thiophene rings is 1. The molecule has 0 saturated carbocycles. The molecule has 2 aromatic rings. The van der Waals surface area contributed by atoms with Crippen LogP contribution in [0, 0.1) is 0 Å². The van der Waals surface area contributed by atoms with Crippen LogP contribution in [0.1, 0.15) is 21.7 Å². The van der Waals surface area contributed by atoms with Gasteiger partial charge in [0.05, 0.1) is 16.4 Å². The van der Waals surface area contributed by atoms with Gasteiger partial charge in [-0.15, -0.1) is 11.3 Å². The second kappa shape index (κ2) is 9.50. The van der Waals surface area contributed by atoms with Gasteiger partial charge >= 0.3 is 0 Å². The van der Waals surface area contributed by atoms with Gasteiger partial charge in [0.1, 0.15) is 6.04 Å². The Kier molecular flexibility index (Phi) is 6.74. The summed E-state index contributed by atoms with van der Waals surface area (Å²) in [5, 5.41) is 4.77. The van der Waals surface area contributed by atoms with E-state index < -0.39 is 15.9 Å². The van der Waals surface area contributed by atoms with Gasteiger partial charge in [0, 0.05) is 38.6 Å². The van der Waals surface area contributed by atoms with Crippen molar-refractivity contribution >= 4 is 33.0 Å². The molecule has 1 N–H and O–H groups in total. The van der Waals surface area contributed by atoms with E-state index in [0.717, 1.165) is 5.56 Å². The maximum Gasteiger partial charge on any atom is 0.262 e. The van der Waals surface area contributed by atoms with Gasteiger partial charge in [-0.3, -0.25) is 14.5 Å². The predicted molar refractivity (Wildman–Crippen MR) is 121 cm³/mol. The van der Waals surface area contributed by atoms with E-state index in [9.17, 15) is 18.0 Å². The van der Waals surface area contributed by atoms with Crippen LogP contribution in [0.3, 0.4) is 0 Å². The maximum absolute atomic E-state index is 13.3. The Morgan fingerprint density at radius 2 is 1.81 bits per heavy atom. The van der Waals surface area contributed by atoms with Crippen LogP contribution in [0.5, 0.6) is 0 Å². The first-order chi connectivity index (χ1) is 14.9. The second-order valence-corrected chi connectivity index (χ2v) is 11.3. The van der Waals surface area contributed by atoms with Crippen molar-refractivity contribution in [2.75, 3.05) is 37.7 Å². The summed E-state index contributed by atoms with van der Waals surface area (Å²) in [6, 6.07) is 12.7. The molecule has 3 heterocycles. The molecule has 4 rings (SSSR count). The SMILES string of the molecule is O=C(N[C@@H](Cc1ccccc1)C(=O)N1CCN(C2CCS(=O)(=O)C2)CC1)c1cccs1. The molecule has 7 nitrogen and oxygen atoms in total. The molecular formula is C22H27N3O4S2. The van der Waals surface area contributed by atoms with Crippen LogP contribution in [-0.4, -0.2) is 79.8 Å². The lowest BCUT2D eigenvalue weighted by molar-refractivity contribution is -0.135. The molecule has 2 saturated heterocycles. The third-order valence-electron chi connectivity index (χ3n) is 5.98. The van der Waals surface area contributed by atoms with Crippen LogP contribution < -0.4 is 5.32 Å². The zero-order chi connectivity index (χ0) is 21.8. The Hall–Kier alpha value is -2.23. The minimum atomic E-state index is -2.93. The van der Waals surface area contributed by atoms with Crippen LogP contribution in [0.4, 0.5) is 0 Å². The minimum absolute atomic E-state index is 0.0564. The second-order valence-electron chi connectivity index (χ2n) is 8.11. The number of hydrogen-bond acceptors (Lipinski definition) is 6. The molecule has 2 aliphatic rings. The van der Waals surface area contributed by atoms with Crippen LogP contribution in [-0.2, 0) is 21.1 Å². The standard InChI is InChI=1S/C22H27N3O4S2/c26-21(20-7-4-13-30-20)23-19(15-17-5-2-1-3-6-17)22(27)25-11-9-24(10-12-25)18-8-14-31(28,29)16-18/h1-7,13,18-19H,8-12,14-16H2,(H,23,26)/t18?,19-/m0/s1. The summed E-state index contributed by atoms with van der Waals surface area (Å²) in [7, 11) is -2.93. The van der Waals surface area contributed by atoms with Crippen molar-refractivity contribution in [1.29, 1.82) is 0 Å². The minimum Gasteiger partial charge on any atom is -0.339 e. The van der Waals surface area contributed by atoms with Crippen LogP contribution in [0.2, 0.25) is 0 Å². The largest absolute Gasteiger partial charge is 0.339 e. The van der Waals surface area contributed by atoms with E-state index in [-0.39, 0.29) is 29.4 Å². The van der Waals surface area contributed by atoms with E-state index in [2.05, 4.69) is 10.2 Å². The number of carbonyl (C=O) groups excluding carboxylic acids is 2. The summed E-state index contributed by atoms with van der Waals surface area (Å²) < 4.78 is 23.6. The summed E-state index contributed by atoms with van der Waals surface area (Å²) in [5.74, 6) is 0.144. The number of carbonyl (C=O) groups is 2. The molecule has 1 unspecified atom stereocenters. The van der Waals surface area contributed by atoms with E-state index in [1.165, 1.54) is 11.3 Å². The third kappa shape index (κ3) is 5.53. The summed E-state index contributed by atoms with van der Waals surface area (Å²) in [6.07, 6.45) is 1.10. The van der Waals surface area contributed by atoms with Gasteiger partial charge in [-0.2, -0.15) is 0 Å². The van der Waals surface area contributed by atoms with E-state index >= 15 is 0 Å². The number of hydrogen-bond donors (Lipinski definition) is 1. The molecule has 31 heavy (non-hydrogen) atoms. The molecule has 2 fully saturated rings. The normalized spacial score (nSPS) is 22.2. The van der Waals surface area contributed by atoms with Gasteiger partial charge in [0.25, 0.3) is 5.91 Å². The van der Waals surface area contributed by atoms with E-state index in [1.807, 2.05) is 41.8 Å². The van der Waals surface area contributed by atoms with Crippen LogP contribution in [0.25, 0.3) is 0 Å². The lowest BCUT2D eigenvalue weighted by atomic mass is 10.0. The summed E-state index contributed by atoms with van der Waals surface area (Å²) in [4.78, 5) is 30.5. The number of rotatable bonds is 6. The lowest BCUT2D eigenvalue weighted by Gasteiger charge is -2.39. The number of nitrogens with zero attached hydrogens (tertiary/aromatic N) is 2. The van der Waals surface area contributed by atoms with Gasteiger partial charge in [-0.25, -0.2) is 8.42 Å². The van der Waals surface area contributed by atoms with Crippen LogP contribution in [0.15, 0.2) is 47.8 Å². The predicted octanol–water partition coefficient (Wildman–Crippen LogP) is 1.42. The maximum atomic E-state index is 13.3. The average molecular weight is 462 g/mol. The first-order valence-electron chi connectivity index (χ1n) is 10.5. The monoisotopic (exact) mass is 461 g/mol. The highest BCUT2D eigenvalue weighted by Gasteiger charge is 2.35. The first kappa shape index (κ1) is 22.0. The number of piperazine rings is 1. The Morgan fingerprint density at radius 1 is 1.06 bits per heavy atom. The van der Waals surface area contributed by atoms with Gasteiger partial charge in [-0.05, 0) is 23.4 Å². The Labute approximate surface area is 187 Å². The Bertz CT molecular complexity index is 1000. The van der Waals surface area contributed by atoms with Crippen molar-refractivity contribution < 1.29 is 18.0 Å². The highest BCUT2D eigenvalue weighted by atomic mass is 32.2. The zero-order valence-electron chi connectivity index (χ0n) is 17.3. The molecule has 2 atom stereocenters.